The molecule has 1 fully saturated rings. The second kappa shape index (κ2) is 6.42. The van der Waals surface area contributed by atoms with Gasteiger partial charge in [-0.1, -0.05) is 42.5 Å². The maximum atomic E-state index is 4.58. The zero-order valence-electron chi connectivity index (χ0n) is 13.2. The fraction of sp³-hybridized carbons (Fsp3) is 0.316. The monoisotopic (exact) mass is 306 g/mol. The molecule has 2 aromatic carbocycles. The van der Waals surface area contributed by atoms with Gasteiger partial charge in [0, 0.05) is 19.6 Å². The Hall–Kier alpha value is -2.33. The molecule has 0 amide bonds. The van der Waals surface area contributed by atoms with Gasteiger partial charge in [0.25, 0.3) is 0 Å². The number of benzene rings is 2. The first-order chi connectivity index (χ1) is 11.4. The molecular formula is C19H22N4. The maximum Gasteiger partial charge on any atom is 0.201 e. The summed E-state index contributed by atoms with van der Waals surface area (Å²) in [6.45, 7) is 4.37. The van der Waals surface area contributed by atoms with Crippen LogP contribution in [0.4, 0.5) is 5.95 Å². The van der Waals surface area contributed by atoms with Crippen LogP contribution in [0.3, 0.4) is 0 Å². The summed E-state index contributed by atoms with van der Waals surface area (Å²) in [5.74, 6) is 1.57. The van der Waals surface area contributed by atoms with Gasteiger partial charge in [0.15, 0.2) is 0 Å². The van der Waals surface area contributed by atoms with Crippen LogP contribution in [0, 0.1) is 5.92 Å². The summed E-state index contributed by atoms with van der Waals surface area (Å²) in [6.07, 6.45) is 1.25. The largest absolute Gasteiger partial charge is 0.355 e. The van der Waals surface area contributed by atoms with Crippen molar-refractivity contribution in [3.63, 3.8) is 0 Å². The van der Waals surface area contributed by atoms with E-state index in [4.69, 9.17) is 0 Å². The molecule has 1 saturated heterocycles. The first-order valence-electron chi connectivity index (χ1n) is 8.32. The molecule has 1 atom stereocenters. The Bertz CT molecular complexity index is 732. The summed E-state index contributed by atoms with van der Waals surface area (Å²) in [4.78, 5) is 10.5. The number of nitrogens with one attached hydrogen (secondary N) is 2. The van der Waals surface area contributed by atoms with Crippen molar-refractivity contribution in [1.29, 1.82) is 0 Å². The molecule has 1 aliphatic heterocycles. The molecule has 1 unspecified atom stereocenters. The lowest BCUT2D eigenvalue weighted by Gasteiger charge is -2.16. The smallest absolute Gasteiger partial charge is 0.201 e. The average Bonchev–Trinajstić information content (AvgIpc) is 3.20. The number of H-pyrrole nitrogens is 1. The standard InChI is InChI=1S/C19H22N4/c1-2-6-15(7-3-1)13-23-11-10-16(14-23)12-20-19-21-17-8-4-5-9-18(17)22-19/h1-9,16H,10-14H2,(H2,20,21,22). The lowest BCUT2D eigenvalue weighted by atomic mass is 10.1. The van der Waals surface area contributed by atoms with Crippen LogP contribution in [-0.2, 0) is 6.54 Å². The zero-order valence-corrected chi connectivity index (χ0v) is 13.2. The molecule has 4 heteroatoms. The highest BCUT2D eigenvalue weighted by atomic mass is 15.2. The number of imidazole rings is 1. The van der Waals surface area contributed by atoms with Crippen LogP contribution in [0.2, 0.25) is 0 Å². The van der Waals surface area contributed by atoms with Gasteiger partial charge >= 0.3 is 0 Å². The van der Waals surface area contributed by atoms with Gasteiger partial charge in [0.2, 0.25) is 5.95 Å². The topological polar surface area (TPSA) is 44.0 Å². The molecule has 4 nitrogen and oxygen atoms in total. The quantitative estimate of drug-likeness (QED) is 0.758. The third-order valence-corrected chi connectivity index (χ3v) is 4.57. The molecule has 2 N–H and O–H groups in total. The number of nitrogens with zero attached hydrogens (tertiary/aromatic N) is 2. The number of likely N-dealkylation sites (tertiary alicyclic amines) is 1. The number of para-hydroxylation sites is 2. The maximum absolute atomic E-state index is 4.58. The molecule has 118 valence electrons. The Balaban J connectivity index is 1.30. The molecule has 2 heterocycles. The molecule has 0 spiro atoms. The van der Waals surface area contributed by atoms with E-state index in [1.54, 1.807) is 0 Å². The summed E-state index contributed by atoms with van der Waals surface area (Å²) in [5.41, 5.74) is 3.51. The second-order valence-electron chi connectivity index (χ2n) is 6.36. The van der Waals surface area contributed by atoms with E-state index in [0.717, 1.165) is 36.6 Å². The summed E-state index contributed by atoms with van der Waals surface area (Å²) in [7, 11) is 0. The van der Waals surface area contributed by atoms with E-state index in [2.05, 4.69) is 56.6 Å². The van der Waals surface area contributed by atoms with Crippen LogP contribution in [0.5, 0.6) is 0 Å². The van der Waals surface area contributed by atoms with Gasteiger partial charge in [-0.3, -0.25) is 4.90 Å². The lowest BCUT2D eigenvalue weighted by Crippen LogP contribution is -2.22. The van der Waals surface area contributed by atoms with E-state index >= 15 is 0 Å². The summed E-state index contributed by atoms with van der Waals surface area (Å²) in [5, 5.41) is 3.47. The van der Waals surface area contributed by atoms with E-state index < -0.39 is 0 Å². The number of fused-ring (bicyclic) bond motifs is 1. The van der Waals surface area contributed by atoms with Crippen molar-refractivity contribution in [2.45, 2.75) is 13.0 Å². The van der Waals surface area contributed by atoms with Gasteiger partial charge in [-0.05, 0) is 36.6 Å². The molecule has 0 aliphatic carbocycles. The van der Waals surface area contributed by atoms with Crippen LogP contribution in [-0.4, -0.2) is 34.5 Å². The third-order valence-electron chi connectivity index (χ3n) is 4.57. The van der Waals surface area contributed by atoms with Crippen LogP contribution in [0.25, 0.3) is 11.0 Å². The molecule has 23 heavy (non-hydrogen) atoms. The van der Waals surface area contributed by atoms with Crippen molar-refractivity contribution in [2.75, 3.05) is 25.0 Å². The van der Waals surface area contributed by atoms with Gasteiger partial charge in [0.05, 0.1) is 11.0 Å². The zero-order chi connectivity index (χ0) is 15.5. The molecule has 1 aliphatic rings. The Morgan fingerprint density at radius 3 is 2.78 bits per heavy atom. The van der Waals surface area contributed by atoms with Gasteiger partial charge in [-0.2, -0.15) is 0 Å². The number of rotatable bonds is 5. The van der Waals surface area contributed by atoms with Crippen LogP contribution >= 0.6 is 0 Å². The molecule has 0 saturated carbocycles. The number of hydrogen-bond acceptors (Lipinski definition) is 3. The van der Waals surface area contributed by atoms with E-state index in [1.807, 2.05) is 18.2 Å². The first-order valence-corrected chi connectivity index (χ1v) is 8.32. The minimum atomic E-state index is 0.687. The van der Waals surface area contributed by atoms with E-state index in [9.17, 15) is 0 Å². The highest BCUT2D eigenvalue weighted by Crippen LogP contribution is 2.20. The lowest BCUT2D eigenvalue weighted by molar-refractivity contribution is 0.319. The van der Waals surface area contributed by atoms with Crippen LogP contribution in [0.15, 0.2) is 54.6 Å². The minimum Gasteiger partial charge on any atom is -0.355 e. The average molecular weight is 306 g/mol. The highest BCUT2D eigenvalue weighted by Gasteiger charge is 2.22. The molecule has 1 aromatic heterocycles. The van der Waals surface area contributed by atoms with Crippen LogP contribution in [0.1, 0.15) is 12.0 Å². The van der Waals surface area contributed by atoms with E-state index in [1.165, 1.54) is 18.5 Å². The predicted molar refractivity (Wildman–Crippen MR) is 94.4 cm³/mol. The first kappa shape index (κ1) is 14.3. The van der Waals surface area contributed by atoms with Gasteiger partial charge in [0.1, 0.15) is 0 Å². The summed E-state index contributed by atoms with van der Waals surface area (Å²) in [6, 6.07) is 18.9. The fourth-order valence-electron chi connectivity index (χ4n) is 3.34. The number of hydrogen-bond donors (Lipinski definition) is 2. The SMILES string of the molecule is c1ccc(CN2CCC(CNc3nc4ccccc4[nH]3)C2)cc1. The van der Waals surface area contributed by atoms with E-state index in [0.29, 0.717) is 5.92 Å². The fourth-order valence-corrected chi connectivity index (χ4v) is 3.34. The van der Waals surface area contributed by atoms with Crippen molar-refractivity contribution in [3.05, 3.63) is 60.2 Å². The third kappa shape index (κ3) is 3.37. The Kier molecular flexibility index (Phi) is 3.99. The number of aromatic amines is 1. The van der Waals surface area contributed by atoms with Gasteiger partial charge in [-0.15, -0.1) is 0 Å². The molecule has 0 bridgehead atoms. The predicted octanol–water partition coefficient (Wildman–Crippen LogP) is 3.50. The summed E-state index contributed by atoms with van der Waals surface area (Å²) >= 11 is 0. The van der Waals surface area contributed by atoms with Crippen molar-refractivity contribution >= 4 is 17.0 Å². The Morgan fingerprint density at radius 1 is 1.09 bits per heavy atom. The van der Waals surface area contributed by atoms with Crippen molar-refractivity contribution < 1.29 is 0 Å². The number of anilines is 1. The Labute approximate surface area is 136 Å². The van der Waals surface area contributed by atoms with Crippen molar-refractivity contribution in [3.8, 4) is 0 Å². The van der Waals surface area contributed by atoms with Crippen molar-refractivity contribution in [1.82, 2.24) is 14.9 Å². The summed E-state index contributed by atoms with van der Waals surface area (Å²) < 4.78 is 0. The molecule has 0 radical (unpaired) electrons. The normalized spacial score (nSPS) is 18.5. The van der Waals surface area contributed by atoms with E-state index in [-0.39, 0.29) is 0 Å². The molecular weight excluding hydrogens is 284 g/mol. The van der Waals surface area contributed by atoms with Crippen LogP contribution < -0.4 is 5.32 Å². The van der Waals surface area contributed by atoms with Gasteiger partial charge in [-0.25, -0.2) is 4.98 Å². The highest BCUT2D eigenvalue weighted by molar-refractivity contribution is 5.77. The number of aromatic nitrogens is 2. The van der Waals surface area contributed by atoms with Gasteiger partial charge < -0.3 is 10.3 Å². The molecule has 4 rings (SSSR count). The van der Waals surface area contributed by atoms with Crippen molar-refractivity contribution in [2.24, 2.45) is 5.92 Å². The Morgan fingerprint density at radius 2 is 1.91 bits per heavy atom. The minimum absolute atomic E-state index is 0.687. The molecule has 3 aromatic rings. The second-order valence-corrected chi connectivity index (χ2v) is 6.36.